The topological polar surface area (TPSA) is 114 Å². The number of carboxylic acids is 1. The van der Waals surface area contributed by atoms with Gasteiger partial charge in [0.15, 0.2) is 17.6 Å². The quantitative estimate of drug-likeness (QED) is 0.352. The molecule has 0 spiro atoms. The smallest absolute Gasteiger partial charge is 0.411 e. The van der Waals surface area contributed by atoms with Crippen LogP contribution < -0.4 is 14.8 Å². The molecule has 11 heteroatoms. The summed E-state index contributed by atoms with van der Waals surface area (Å²) in [5.41, 5.74) is 2.58. The van der Waals surface area contributed by atoms with Gasteiger partial charge in [-0.1, -0.05) is 35.3 Å². The van der Waals surface area contributed by atoms with Crippen molar-refractivity contribution < 1.29 is 33.7 Å². The van der Waals surface area contributed by atoms with Crippen molar-refractivity contribution >= 4 is 46.9 Å². The highest BCUT2D eigenvalue weighted by molar-refractivity contribution is 6.42. The maximum Gasteiger partial charge on any atom is 0.411 e. The average molecular weight is 599 g/mol. The van der Waals surface area contributed by atoms with Crippen LogP contribution in [0.2, 0.25) is 10.0 Å². The third-order valence-electron chi connectivity index (χ3n) is 6.69. The number of nitrogens with one attached hydrogen (secondary N) is 1. The number of hydrogen-bond donors (Lipinski definition) is 2. The van der Waals surface area contributed by atoms with Gasteiger partial charge in [0.1, 0.15) is 18.2 Å². The van der Waals surface area contributed by atoms with Crippen LogP contribution in [0.5, 0.6) is 11.5 Å². The highest BCUT2D eigenvalue weighted by atomic mass is 35.5. The molecule has 2 heterocycles. The van der Waals surface area contributed by atoms with Gasteiger partial charge in [-0.3, -0.25) is 9.69 Å². The zero-order chi connectivity index (χ0) is 29.5. The Morgan fingerprint density at radius 1 is 0.976 bits per heavy atom. The van der Waals surface area contributed by atoms with Crippen LogP contribution in [-0.2, 0) is 22.5 Å². The van der Waals surface area contributed by atoms with Gasteiger partial charge in [-0.15, -0.1) is 0 Å². The molecule has 3 aromatic rings. The summed E-state index contributed by atoms with van der Waals surface area (Å²) >= 11 is 12.0. The number of anilines is 1. The van der Waals surface area contributed by atoms with E-state index in [2.05, 4.69) is 5.32 Å². The van der Waals surface area contributed by atoms with E-state index in [1.54, 1.807) is 57.2 Å². The van der Waals surface area contributed by atoms with E-state index in [1.807, 2.05) is 12.1 Å². The average Bonchev–Trinajstić information content (AvgIpc) is 2.91. The molecule has 214 valence electrons. The Morgan fingerprint density at radius 3 is 2.34 bits per heavy atom. The Morgan fingerprint density at radius 2 is 1.68 bits per heavy atom. The Bertz CT molecular complexity index is 1520. The number of carboxylic acid groups (broad SMARTS) is 1. The first kappa shape index (κ1) is 28.6. The monoisotopic (exact) mass is 598 g/mol. The first-order valence-corrected chi connectivity index (χ1v) is 13.7. The van der Waals surface area contributed by atoms with Crippen LogP contribution in [0.1, 0.15) is 53.9 Å². The number of nitrogens with zero attached hydrogens (tertiary/aromatic N) is 1. The molecule has 3 aromatic carbocycles. The Labute approximate surface area is 246 Å². The summed E-state index contributed by atoms with van der Waals surface area (Å²) in [6.45, 7) is 5.51. The Balaban J connectivity index is 1.30. The van der Waals surface area contributed by atoms with Crippen molar-refractivity contribution in [1.82, 2.24) is 4.90 Å². The molecule has 2 atom stereocenters. The van der Waals surface area contributed by atoms with Gasteiger partial charge in [-0.05, 0) is 79.9 Å². The van der Waals surface area contributed by atoms with E-state index < -0.39 is 29.8 Å². The van der Waals surface area contributed by atoms with Crippen molar-refractivity contribution in [3.8, 4) is 11.5 Å². The van der Waals surface area contributed by atoms with E-state index in [0.29, 0.717) is 32.8 Å². The maximum absolute atomic E-state index is 12.8. The van der Waals surface area contributed by atoms with E-state index >= 15 is 0 Å². The lowest BCUT2D eigenvalue weighted by atomic mass is 9.93. The van der Waals surface area contributed by atoms with Gasteiger partial charge < -0.3 is 24.6 Å². The number of benzene rings is 3. The second-order valence-electron chi connectivity index (χ2n) is 10.9. The van der Waals surface area contributed by atoms with Crippen LogP contribution in [0.3, 0.4) is 0 Å². The van der Waals surface area contributed by atoms with Gasteiger partial charge in [0, 0.05) is 17.7 Å². The van der Waals surface area contributed by atoms with Crippen molar-refractivity contribution in [3.05, 3.63) is 86.9 Å². The fraction of sp³-hybridized carbons (Fsp3) is 0.300. The SMILES string of the molecule is CC(C)(C)OC(=O)N1Cc2cc3c(cc2C[C@H]1C(=O)O)OCC(c1ccc(NC(=O)c2ccc(Cl)c(Cl)c2)cc1)O3. The summed E-state index contributed by atoms with van der Waals surface area (Å²) in [7, 11) is 0. The van der Waals surface area contributed by atoms with E-state index in [0.717, 1.165) is 16.7 Å². The summed E-state index contributed by atoms with van der Waals surface area (Å²) in [4.78, 5) is 38.6. The third-order valence-corrected chi connectivity index (χ3v) is 7.43. The minimum absolute atomic E-state index is 0.0652. The van der Waals surface area contributed by atoms with E-state index in [9.17, 15) is 19.5 Å². The van der Waals surface area contributed by atoms with E-state index in [1.165, 1.54) is 11.0 Å². The molecule has 5 rings (SSSR count). The second-order valence-corrected chi connectivity index (χ2v) is 11.7. The van der Waals surface area contributed by atoms with Crippen molar-refractivity contribution in [2.45, 2.75) is 51.5 Å². The van der Waals surface area contributed by atoms with Crippen LogP contribution in [0.15, 0.2) is 54.6 Å². The van der Waals surface area contributed by atoms with Gasteiger partial charge >= 0.3 is 12.1 Å². The number of fused-ring (bicyclic) bond motifs is 2. The summed E-state index contributed by atoms with van der Waals surface area (Å²) in [6.07, 6.45) is -0.980. The lowest BCUT2D eigenvalue weighted by Gasteiger charge is -2.36. The normalized spacial score (nSPS) is 17.8. The summed E-state index contributed by atoms with van der Waals surface area (Å²) in [5.74, 6) is -0.416. The van der Waals surface area contributed by atoms with E-state index in [-0.39, 0.29) is 25.5 Å². The fourth-order valence-electron chi connectivity index (χ4n) is 4.67. The molecule has 2 aliphatic heterocycles. The predicted molar refractivity (Wildman–Crippen MR) is 153 cm³/mol. The number of amides is 2. The third kappa shape index (κ3) is 6.36. The number of halogens is 2. The molecule has 9 nitrogen and oxygen atoms in total. The first-order valence-electron chi connectivity index (χ1n) is 12.9. The Hall–Kier alpha value is -3.95. The molecule has 0 saturated carbocycles. The Kier molecular flexibility index (Phi) is 7.76. The number of hydrogen-bond acceptors (Lipinski definition) is 6. The van der Waals surface area contributed by atoms with Crippen molar-refractivity contribution in [2.75, 3.05) is 11.9 Å². The zero-order valence-corrected chi connectivity index (χ0v) is 24.1. The molecule has 0 aromatic heterocycles. The number of aliphatic carboxylic acids is 1. The number of rotatable bonds is 4. The van der Waals surface area contributed by atoms with Crippen LogP contribution in [-0.4, -0.2) is 46.2 Å². The maximum atomic E-state index is 12.8. The number of carbonyl (C=O) groups is 3. The molecule has 0 fully saturated rings. The second kappa shape index (κ2) is 11.1. The molecule has 2 N–H and O–H groups in total. The van der Waals surface area contributed by atoms with Crippen molar-refractivity contribution in [2.24, 2.45) is 0 Å². The molecule has 41 heavy (non-hydrogen) atoms. The lowest BCUT2D eigenvalue weighted by molar-refractivity contribution is -0.143. The highest BCUT2D eigenvalue weighted by Gasteiger charge is 2.38. The molecule has 0 saturated heterocycles. The predicted octanol–water partition coefficient (Wildman–Crippen LogP) is 6.50. The fourth-order valence-corrected chi connectivity index (χ4v) is 4.97. The van der Waals surface area contributed by atoms with Gasteiger partial charge in [-0.2, -0.15) is 0 Å². The first-order chi connectivity index (χ1) is 19.4. The van der Waals surface area contributed by atoms with Crippen molar-refractivity contribution in [3.63, 3.8) is 0 Å². The standard InChI is InChI=1S/C30H28Cl2N2O7/c1-30(2,3)41-29(38)34-14-19-13-25-24(12-18(19)11-23(34)28(36)37)39-15-26(40-25)16-4-7-20(8-5-16)33-27(35)17-6-9-21(31)22(32)10-17/h4-10,12-13,23,26H,11,14-15H2,1-3H3,(H,33,35)(H,36,37)/t23-,26?/m0/s1. The largest absolute Gasteiger partial charge is 0.485 e. The van der Waals surface area contributed by atoms with Crippen LogP contribution >= 0.6 is 23.2 Å². The van der Waals surface area contributed by atoms with Crippen LogP contribution in [0.25, 0.3) is 0 Å². The van der Waals surface area contributed by atoms with Gasteiger partial charge in [0.05, 0.1) is 16.6 Å². The number of ether oxygens (including phenoxy) is 3. The van der Waals surface area contributed by atoms with Gasteiger partial charge in [0.2, 0.25) is 0 Å². The molecule has 0 aliphatic carbocycles. The molecule has 0 bridgehead atoms. The molecular formula is C30H28Cl2N2O7. The summed E-state index contributed by atoms with van der Waals surface area (Å²) in [6, 6.07) is 14.4. The van der Waals surface area contributed by atoms with Crippen molar-refractivity contribution in [1.29, 1.82) is 0 Å². The molecule has 1 unspecified atom stereocenters. The molecular weight excluding hydrogens is 571 g/mol. The minimum atomic E-state index is -1.10. The highest BCUT2D eigenvalue weighted by Crippen LogP contribution is 2.41. The molecule has 0 radical (unpaired) electrons. The summed E-state index contributed by atoms with van der Waals surface area (Å²) in [5, 5.41) is 13.3. The number of carbonyl (C=O) groups excluding carboxylic acids is 2. The van der Waals surface area contributed by atoms with Crippen LogP contribution in [0, 0.1) is 0 Å². The molecule has 2 amide bonds. The zero-order valence-electron chi connectivity index (χ0n) is 22.6. The van der Waals surface area contributed by atoms with Gasteiger partial charge in [0.25, 0.3) is 5.91 Å². The van der Waals surface area contributed by atoms with Crippen LogP contribution in [0.4, 0.5) is 10.5 Å². The van der Waals surface area contributed by atoms with Gasteiger partial charge in [-0.25, -0.2) is 9.59 Å². The molecule has 2 aliphatic rings. The summed E-state index contributed by atoms with van der Waals surface area (Å²) < 4.78 is 17.7. The lowest BCUT2D eigenvalue weighted by Crippen LogP contribution is -2.50. The van der Waals surface area contributed by atoms with E-state index in [4.69, 9.17) is 37.4 Å². The minimum Gasteiger partial charge on any atom is -0.485 e.